The summed E-state index contributed by atoms with van der Waals surface area (Å²) in [4.78, 5) is 22.2. The molecule has 130 valence electrons. The molecule has 0 spiro atoms. The van der Waals surface area contributed by atoms with Gasteiger partial charge in [0.1, 0.15) is 5.75 Å². The largest absolute Gasteiger partial charge is 0.573 e. The molecule has 0 radical (unpaired) electrons. The molecule has 0 saturated carbocycles. The number of carbonyl (C=O) groups is 2. The van der Waals surface area contributed by atoms with Crippen molar-refractivity contribution in [3.05, 3.63) is 29.8 Å². The average Bonchev–Trinajstić information content (AvgIpc) is 2.45. The molecule has 1 aromatic rings. The summed E-state index contributed by atoms with van der Waals surface area (Å²) in [5, 5.41) is 4.87. The highest BCUT2D eigenvalue weighted by Crippen LogP contribution is 2.22. The smallest absolute Gasteiger partial charge is 0.406 e. The molecule has 0 aliphatic carbocycles. The van der Waals surface area contributed by atoms with Crippen LogP contribution >= 0.6 is 12.4 Å². The number of benzene rings is 1. The van der Waals surface area contributed by atoms with Gasteiger partial charge in [-0.3, -0.25) is 9.59 Å². The summed E-state index contributed by atoms with van der Waals surface area (Å²) in [5.41, 5.74) is 5.80. The van der Waals surface area contributed by atoms with Crippen molar-refractivity contribution in [3.8, 4) is 5.75 Å². The number of nitrogens with two attached hydrogens (primary N) is 1. The van der Waals surface area contributed by atoms with E-state index < -0.39 is 12.3 Å². The summed E-state index contributed by atoms with van der Waals surface area (Å²) in [7, 11) is 0. The van der Waals surface area contributed by atoms with Crippen LogP contribution in [-0.2, 0) is 16.0 Å². The van der Waals surface area contributed by atoms with E-state index in [1.807, 2.05) is 0 Å². The van der Waals surface area contributed by atoms with E-state index in [0.717, 1.165) is 5.56 Å². The first-order valence-corrected chi connectivity index (χ1v) is 6.38. The molecule has 1 rings (SSSR count). The van der Waals surface area contributed by atoms with Crippen LogP contribution in [0.5, 0.6) is 5.75 Å². The Balaban J connectivity index is 0.00000484. The minimum Gasteiger partial charge on any atom is -0.406 e. The van der Waals surface area contributed by atoms with Crippen molar-refractivity contribution in [3.63, 3.8) is 0 Å². The number of ether oxygens (including phenoxy) is 1. The Hall–Kier alpha value is -2.00. The zero-order valence-corrected chi connectivity index (χ0v) is 12.8. The second-order valence-electron chi connectivity index (χ2n) is 4.27. The predicted octanol–water partition coefficient (Wildman–Crippen LogP) is 0.741. The molecule has 0 aliphatic heterocycles. The molecule has 0 fully saturated rings. The number of halogens is 4. The Bertz CT molecular complexity index is 509. The summed E-state index contributed by atoms with van der Waals surface area (Å²) >= 11 is 0. The second-order valence-corrected chi connectivity index (χ2v) is 4.27. The zero-order valence-electron chi connectivity index (χ0n) is 12.0. The molecule has 6 nitrogen and oxygen atoms in total. The summed E-state index contributed by atoms with van der Waals surface area (Å²) in [6.07, 6.45) is -4.29. The number of nitrogens with one attached hydrogen (secondary N) is 2. The number of amides is 2. The Labute approximate surface area is 137 Å². The third-order valence-electron chi connectivity index (χ3n) is 2.52. The van der Waals surface area contributed by atoms with Gasteiger partial charge in [0.2, 0.25) is 11.8 Å². The first-order chi connectivity index (χ1) is 10.3. The lowest BCUT2D eigenvalue weighted by Crippen LogP contribution is -2.40. The Morgan fingerprint density at radius 3 is 2.22 bits per heavy atom. The van der Waals surface area contributed by atoms with E-state index in [0.29, 0.717) is 6.42 Å². The monoisotopic (exact) mass is 355 g/mol. The molecule has 0 heterocycles. The number of hydrogen-bond donors (Lipinski definition) is 3. The molecule has 2 amide bonds. The van der Waals surface area contributed by atoms with Crippen LogP contribution in [0.3, 0.4) is 0 Å². The van der Waals surface area contributed by atoms with Gasteiger partial charge in [-0.1, -0.05) is 12.1 Å². The zero-order chi connectivity index (χ0) is 16.6. The molecule has 23 heavy (non-hydrogen) atoms. The lowest BCUT2D eigenvalue weighted by atomic mass is 10.1. The van der Waals surface area contributed by atoms with Gasteiger partial charge in [0.25, 0.3) is 0 Å². The van der Waals surface area contributed by atoms with Gasteiger partial charge in [0, 0.05) is 6.54 Å². The maximum atomic E-state index is 12.0. The average molecular weight is 356 g/mol. The van der Waals surface area contributed by atoms with Gasteiger partial charge < -0.3 is 21.1 Å². The molecule has 0 aromatic heterocycles. The molecule has 0 saturated heterocycles. The number of carbonyl (C=O) groups excluding carboxylic acids is 2. The van der Waals surface area contributed by atoms with E-state index in [9.17, 15) is 22.8 Å². The van der Waals surface area contributed by atoms with E-state index in [1.165, 1.54) is 24.3 Å². The van der Waals surface area contributed by atoms with Crippen LogP contribution in [0.15, 0.2) is 24.3 Å². The van der Waals surface area contributed by atoms with Gasteiger partial charge in [-0.05, 0) is 24.1 Å². The van der Waals surface area contributed by atoms with Crippen molar-refractivity contribution in [1.29, 1.82) is 0 Å². The van der Waals surface area contributed by atoms with Crippen LogP contribution in [0.4, 0.5) is 13.2 Å². The van der Waals surface area contributed by atoms with Crippen LogP contribution < -0.4 is 21.1 Å². The topological polar surface area (TPSA) is 93.5 Å². The van der Waals surface area contributed by atoms with Gasteiger partial charge in [0.05, 0.1) is 13.1 Å². The van der Waals surface area contributed by atoms with Gasteiger partial charge >= 0.3 is 6.36 Å². The van der Waals surface area contributed by atoms with Crippen molar-refractivity contribution in [2.45, 2.75) is 12.8 Å². The van der Waals surface area contributed by atoms with Crippen LogP contribution in [0.2, 0.25) is 0 Å². The van der Waals surface area contributed by atoms with Crippen molar-refractivity contribution in [2.75, 3.05) is 19.6 Å². The fourth-order valence-electron chi connectivity index (χ4n) is 1.52. The van der Waals surface area contributed by atoms with E-state index >= 15 is 0 Å². The maximum Gasteiger partial charge on any atom is 0.573 e. The minimum atomic E-state index is -4.72. The van der Waals surface area contributed by atoms with Crippen LogP contribution in [0.1, 0.15) is 5.56 Å². The standard InChI is InChI=1S/C13H16F3N3O3.ClH/c14-13(15,16)22-10-3-1-9(2-4-10)5-6-18-12(21)8-19-11(20)7-17;/h1-4H,5-8,17H2,(H,18,21)(H,19,20);1H. The molecule has 0 atom stereocenters. The van der Waals surface area contributed by atoms with Gasteiger partial charge in [-0.25, -0.2) is 0 Å². The number of rotatable bonds is 7. The van der Waals surface area contributed by atoms with E-state index in [1.54, 1.807) is 0 Å². The fraction of sp³-hybridized carbons (Fsp3) is 0.385. The maximum absolute atomic E-state index is 12.0. The highest BCUT2D eigenvalue weighted by Gasteiger charge is 2.30. The van der Waals surface area contributed by atoms with Crippen molar-refractivity contribution in [1.82, 2.24) is 10.6 Å². The Kier molecular flexibility index (Phi) is 9.04. The molecule has 1 aromatic carbocycles. The first kappa shape index (κ1) is 21.0. The van der Waals surface area contributed by atoms with E-state index in [2.05, 4.69) is 15.4 Å². The first-order valence-electron chi connectivity index (χ1n) is 6.38. The van der Waals surface area contributed by atoms with Crippen molar-refractivity contribution < 1.29 is 27.5 Å². The molecule has 0 bridgehead atoms. The van der Waals surface area contributed by atoms with Crippen LogP contribution in [-0.4, -0.2) is 37.8 Å². The molecular weight excluding hydrogens is 339 g/mol. The normalized spacial score (nSPS) is 10.4. The van der Waals surface area contributed by atoms with Gasteiger partial charge in [-0.15, -0.1) is 25.6 Å². The third kappa shape index (κ3) is 9.59. The molecular formula is C13H17ClF3N3O3. The lowest BCUT2D eigenvalue weighted by Gasteiger charge is -2.09. The highest BCUT2D eigenvalue weighted by atomic mass is 35.5. The van der Waals surface area contributed by atoms with Crippen LogP contribution in [0, 0.1) is 0 Å². The Morgan fingerprint density at radius 1 is 1.09 bits per heavy atom. The molecule has 10 heteroatoms. The molecule has 0 aliphatic rings. The molecule has 0 unspecified atom stereocenters. The van der Waals surface area contributed by atoms with Crippen molar-refractivity contribution in [2.24, 2.45) is 5.73 Å². The lowest BCUT2D eigenvalue weighted by molar-refractivity contribution is -0.274. The second kappa shape index (κ2) is 9.90. The summed E-state index contributed by atoms with van der Waals surface area (Å²) < 4.78 is 39.7. The number of hydrogen-bond acceptors (Lipinski definition) is 4. The van der Waals surface area contributed by atoms with Gasteiger partial charge in [0.15, 0.2) is 0 Å². The molecule has 4 N–H and O–H groups in total. The summed E-state index contributed by atoms with van der Waals surface area (Å²) in [6, 6.07) is 5.35. The van der Waals surface area contributed by atoms with Crippen molar-refractivity contribution >= 4 is 24.2 Å². The van der Waals surface area contributed by atoms with Gasteiger partial charge in [-0.2, -0.15) is 0 Å². The summed E-state index contributed by atoms with van der Waals surface area (Å²) in [6.45, 7) is -0.0785. The quantitative estimate of drug-likeness (QED) is 0.672. The predicted molar refractivity (Wildman–Crippen MR) is 79.2 cm³/mol. The number of alkyl halides is 3. The highest BCUT2D eigenvalue weighted by molar-refractivity contribution is 5.85. The fourth-order valence-corrected chi connectivity index (χ4v) is 1.52. The SMILES string of the molecule is Cl.NCC(=O)NCC(=O)NCCc1ccc(OC(F)(F)F)cc1. The van der Waals surface area contributed by atoms with E-state index in [-0.39, 0.29) is 43.7 Å². The minimum absolute atomic E-state index is 0. The Morgan fingerprint density at radius 2 is 1.70 bits per heavy atom. The van der Waals surface area contributed by atoms with Crippen LogP contribution in [0.25, 0.3) is 0 Å². The summed E-state index contributed by atoms with van der Waals surface area (Å²) in [5.74, 6) is -1.11. The third-order valence-corrected chi connectivity index (χ3v) is 2.52. The van der Waals surface area contributed by atoms with E-state index in [4.69, 9.17) is 5.73 Å².